The highest BCUT2D eigenvalue weighted by Crippen LogP contribution is 2.67. The molecule has 0 bridgehead atoms. The topological polar surface area (TPSA) is 105 Å². The number of aliphatic hydroxyl groups excluding tert-OH is 1. The summed E-state index contributed by atoms with van der Waals surface area (Å²) < 4.78 is 23.6. The van der Waals surface area contributed by atoms with Crippen LogP contribution in [0.5, 0.6) is 0 Å². The monoisotopic (exact) mass is 642 g/mol. The molecule has 0 spiro atoms. The Hall–Kier alpha value is -1.99. The van der Waals surface area contributed by atoms with Gasteiger partial charge in [0, 0.05) is 12.5 Å². The Morgan fingerprint density at radius 1 is 1.04 bits per heavy atom. The van der Waals surface area contributed by atoms with Gasteiger partial charge in [-0.15, -0.1) is 0 Å². The third kappa shape index (κ3) is 7.00. The number of aliphatic hydroxyl groups is 1. The highest BCUT2D eigenvalue weighted by molar-refractivity contribution is 7.53. The minimum Gasteiger partial charge on any atom is -0.393 e. The van der Waals surface area contributed by atoms with E-state index in [4.69, 9.17) is 9.05 Å². The summed E-state index contributed by atoms with van der Waals surface area (Å²) in [6.45, 7) is 11.1. The van der Waals surface area contributed by atoms with Crippen LogP contribution in [0.1, 0.15) is 91.5 Å². The molecule has 4 aliphatic carbocycles. The number of hydrogen-bond donors (Lipinski definition) is 2. The predicted molar refractivity (Wildman–Crippen MR) is 176 cm³/mol. The number of nitrogens with one attached hydrogen (secondary N) is 1. The maximum absolute atomic E-state index is 14.4. The summed E-state index contributed by atoms with van der Waals surface area (Å²) in [5.41, 5.74) is 2.72. The van der Waals surface area contributed by atoms with Crippen molar-refractivity contribution in [2.75, 3.05) is 26.0 Å². The van der Waals surface area contributed by atoms with E-state index >= 15 is 0 Å². The van der Waals surface area contributed by atoms with Gasteiger partial charge in [-0.3, -0.25) is 14.2 Å². The Morgan fingerprint density at radius 2 is 1.76 bits per heavy atom. The van der Waals surface area contributed by atoms with Gasteiger partial charge in [0.25, 0.3) is 0 Å². The van der Waals surface area contributed by atoms with Crippen molar-refractivity contribution in [3.05, 3.63) is 47.5 Å². The first kappa shape index (κ1) is 34.3. The second kappa shape index (κ2) is 14.0. The number of nitrogens with zero attached hydrogens (tertiary/aromatic N) is 1. The number of carbonyl (C=O) groups is 2. The molecule has 0 aliphatic heterocycles. The van der Waals surface area contributed by atoms with Gasteiger partial charge in [-0.25, -0.2) is 0 Å². The van der Waals surface area contributed by atoms with E-state index in [0.717, 1.165) is 50.5 Å². The molecule has 5 rings (SSSR count). The van der Waals surface area contributed by atoms with E-state index in [1.54, 1.807) is 18.7 Å². The van der Waals surface area contributed by atoms with Crippen molar-refractivity contribution in [3.63, 3.8) is 0 Å². The first-order chi connectivity index (χ1) is 21.4. The van der Waals surface area contributed by atoms with Gasteiger partial charge in [0.1, 0.15) is 6.29 Å². The highest BCUT2D eigenvalue weighted by Gasteiger charge is 2.60. The standard InChI is InChI=1S/C36H55N2O6P/c1-6-43-45(42,44-7-2)24-37-33(40)23-38(22-26-11-9-8-10-12-26)34(41)25(3)30-15-16-31-29-14-13-27-21-28(39)17-19-35(27,4)32(29)18-20-36(30,31)5/h8-13,25,28-32,39H,6-7,14-24H2,1-5H3,(H,37,40)/t25?,28-,29-,30+,31-,32-,35-,36+/m0/s1. The van der Waals surface area contributed by atoms with Gasteiger partial charge >= 0.3 is 7.60 Å². The van der Waals surface area contributed by atoms with Crippen LogP contribution in [0.3, 0.4) is 0 Å². The summed E-state index contributed by atoms with van der Waals surface area (Å²) in [7, 11) is -3.45. The van der Waals surface area contributed by atoms with Crippen LogP contribution >= 0.6 is 7.60 Å². The Labute approximate surface area is 270 Å². The summed E-state index contributed by atoms with van der Waals surface area (Å²) in [5, 5.41) is 13.1. The van der Waals surface area contributed by atoms with Gasteiger partial charge in [0.15, 0.2) is 0 Å². The Morgan fingerprint density at radius 3 is 2.44 bits per heavy atom. The third-order valence-electron chi connectivity index (χ3n) is 12.1. The molecule has 1 aromatic carbocycles. The van der Waals surface area contributed by atoms with Crippen LogP contribution in [0.25, 0.3) is 0 Å². The lowest BCUT2D eigenvalue weighted by atomic mass is 9.47. The van der Waals surface area contributed by atoms with E-state index in [2.05, 4.69) is 32.2 Å². The van der Waals surface area contributed by atoms with Gasteiger partial charge in [0.05, 0.1) is 25.9 Å². The molecule has 4 aliphatic rings. The minimum atomic E-state index is -3.45. The second-order valence-electron chi connectivity index (χ2n) is 14.6. The fourth-order valence-electron chi connectivity index (χ4n) is 9.92. The van der Waals surface area contributed by atoms with E-state index in [-0.39, 0.29) is 66.6 Å². The summed E-state index contributed by atoms with van der Waals surface area (Å²) in [5.74, 6) is 1.50. The fraction of sp³-hybridized carbons (Fsp3) is 0.722. The van der Waals surface area contributed by atoms with Crippen molar-refractivity contribution in [1.29, 1.82) is 0 Å². The SMILES string of the molecule is CCOP(=O)(CNC(=O)CN(Cc1ccccc1)C(=O)C(C)[C@H]1CC[C@H]2[C@@H]3CC=C4C[C@@H](O)CC[C@]4(C)[C@H]3CC[C@]12C)OCC. The molecule has 0 aromatic heterocycles. The maximum Gasteiger partial charge on any atom is 0.349 e. The van der Waals surface area contributed by atoms with E-state index in [1.165, 1.54) is 12.0 Å². The number of rotatable bonds is 12. The minimum absolute atomic E-state index is 0.000133. The number of allylic oxidation sites excluding steroid dienone is 1. The van der Waals surface area contributed by atoms with Crippen LogP contribution in [-0.4, -0.2) is 54.0 Å². The summed E-state index contributed by atoms with van der Waals surface area (Å²) >= 11 is 0. The lowest BCUT2D eigenvalue weighted by molar-refractivity contribution is -0.143. The van der Waals surface area contributed by atoms with E-state index in [9.17, 15) is 19.3 Å². The lowest BCUT2D eigenvalue weighted by Gasteiger charge is -2.58. The van der Waals surface area contributed by atoms with Crippen molar-refractivity contribution in [2.24, 2.45) is 40.4 Å². The first-order valence-corrected chi connectivity index (χ1v) is 19.0. The average molecular weight is 643 g/mol. The van der Waals surface area contributed by atoms with Crippen LogP contribution in [0.4, 0.5) is 0 Å². The first-order valence-electron chi connectivity index (χ1n) is 17.3. The molecule has 9 heteroatoms. The normalized spacial score (nSPS) is 33.3. The van der Waals surface area contributed by atoms with E-state index in [1.807, 2.05) is 30.3 Å². The van der Waals surface area contributed by atoms with Gasteiger partial charge in [-0.05, 0) is 105 Å². The van der Waals surface area contributed by atoms with Crippen LogP contribution in [-0.2, 0) is 29.7 Å². The molecule has 0 radical (unpaired) electrons. The van der Waals surface area contributed by atoms with Gasteiger partial charge < -0.3 is 24.4 Å². The van der Waals surface area contributed by atoms with Gasteiger partial charge in [-0.1, -0.05) is 62.8 Å². The molecule has 1 unspecified atom stereocenters. The molecule has 2 amide bonds. The van der Waals surface area contributed by atoms with Crippen molar-refractivity contribution in [3.8, 4) is 0 Å². The number of carbonyl (C=O) groups excluding carboxylic acids is 2. The zero-order valence-corrected chi connectivity index (χ0v) is 28.9. The molecule has 1 aromatic rings. The predicted octanol–water partition coefficient (Wildman–Crippen LogP) is 6.93. The molecule has 0 saturated heterocycles. The summed E-state index contributed by atoms with van der Waals surface area (Å²) in [4.78, 5) is 29.2. The zero-order valence-electron chi connectivity index (χ0n) is 28.0. The molecule has 0 heterocycles. The molecule has 2 N–H and O–H groups in total. The molecule has 3 saturated carbocycles. The van der Waals surface area contributed by atoms with E-state index in [0.29, 0.717) is 24.3 Å². The molecular weight excluding hydrogens is 587 g/mol. The average Bonchev–Trinajstić information content (AvgIpc) is 3.37. The smallest absolute Gasteiger partial charge is 0.349 e. The number of fused-ring (bicyclic) bond motifs is 5. The largest absolute Gasteiger partial charge is 0.393 e. The Balaban J connectivity index is 1.31. The van der Waals surface area contributed by atoms with Crippen molar-refractivity contribution in [2.45, 2.75) is 98.6 Å². The Kier molecular flexibility index (Phi) is 10.7. The van der Waals surface area contributed by atoms with Crippen molar-refractivity contribution in [1.82, 2.24) is 10.2 Å². The van der Waals surface area contributed by atoms with Crippen LogP contribution in [0.15, 0.2) is 42.0 Å². The molecular formula is C36H55N2O6P. The van der Waals surface area contributed by atoms with Crippen LogP contribution in [0, 0.1) is 40.4 Å². The molecule has 8 nitrogen and oxygen atoms in total. The van der Waals surface area contributed by atoms with Gasteiger partial charge in [0.2, 0.25) is 11.8 Å². The zero-order chi connectivity index (χ0) is 32.4. The van der Waals surface area contributed by atoms with Crippen LogP contribution in [0.2, 0.25) is 0 Å². The molecule has 3 fully saturated rings. The maximum atomic E-state index is 14.4. The number of benzene rings is 1. The number of amides is 2. The van der Waals surface area contributed by atoms with E-state index < -0.39 is 7.60 Å². The lowest BCUT2D eigenvalue weighted by Crippen LogP contribution is -2.52. The molecule has 250 valence electrons. The van der Waals surface area contributed by atoms with Crippen molar-refractivity contribution < 1.29 is 28.3 Å². The highest BCUT2D eigenvalue weighted by atomic mass is 31.2. The molecule has 8 atom stereocenters. The third-order valence-corrected chi connectivity index (χ3v) is 14.0. The molecule has 45 heavy (non-hydrogen) atoms. The quantitative estimate of drug-likeness (QED) is 0.189. The summed E-state index contributed by atoms with van der Waals surface area (Å²) in [6.07, 6.45) is 10.4. The van der Waals surface area contributed by atoms with Crippen molar-refractivity contribution >= 4 is 19.4 Å². The summed E-state index contributed by atoms with van der Waals surface area (Å²) in [6, 6.07) is 9.79. The van der Waals surface area contributed by atoms with Gasteiger partial charge in [-0.2, -0.15) is 0 Å². The second-order valence-corrected chi connectivity index (χ2v) is 16.6. The number of hydrogen-bond acceptors (Lipinski definition) is 6. The fourth-order valence-corrected chi connectivity index (χ4v) is 11.3. The van der Waals surface area contributed by atoms with Crippen LogP contribution < -0.4 is 5.32 Å². The Bertz CT molecular complexity index is 1280.